The van der Waals surface area contributed by atoms with Crippen molar-refractivity contribution in [3.63, 3.8) is 0 Å². The maximum Gasteiger partial charge on any atom is 0.418 e. The molecule has 1 atom stereocenters. The van der Waals surface area contributed by atoms with Crippen molar-refractivity contribution in [1.82, 2.24) is 0 Å². The highest BCUT2D eigenvalue weighted by Crippen LogP contribution is 2.32. The van der Waals surface area contributed by atoms with Crippen molar-refractivity contribution in [2.75, 3.05) is 6.61 Å². The molecule has 16 heavy (non-hydrogen) atoms. The lowest BCUT2D eigenvalue weighted by Gasteiger charge is -2.14. The second-order valence-corrected chi connectivity index (χ2v) is 3.11. The van der Waals surface area contributed by atoms with E-state index in [0.717, 1.165) is 0 Å². The highest BCUT2D eigenvalue weighted by Gasteiger charge is 2.39. The highest BCUT2D eigenvalue weighted by molar-refractivity contribution is 5.29. The maximum absolute atomic E-state index is 12.1. The number of halogens is 3. The van der Waals surface area contributed by atoms with Crippen LogP contribution in [0.2, 0.25) is 0 Å². The lowest BCUT2D eigenvalue weighted by molar-refractivity contribution is -0.206. The van der Waals surface area contributed by atoms with Crippen molar-refractivity contribution in [2.45, 2.75) is 12.3 Å². The summed E-state index contributed by atoms with van der Waals surface area (Å²) in [7, 11) is 0. The van der Waals surface area contributed by atoms with E-state index in [1.54, 1.807) is 0 Å². The first-order chi connectivity index (χ1) is 7.45. The Balaban J connectivity index is 2.74. The van der Waals surface area contributed by atoms with E-state index in [1.165, 1.54) is 30.3 Å². The monoisotopic (exact) mass is 232 g/mol. The summed E-state index contributed by atoms with van der Waals surface area (Å²) in [6, 6.07) is 5.09. The SMILES string of the molecule is C=CCOc1ccc([C@@H](O)C(F)(F)F)cc1. The number of benzene rings is 1. The van der Waals surface area contributed by atoms with Gasteiger partial charge in [-0.3, -0.25) is 0 Å². The molecule has 0 aliphatic carbocycles. The zero-order valence-electron chi connectivity index (χ0n) is 8.37. The zero-order valence-corrected chi connectivity index (χ0v) is 8.37. The lowest BCUT2D eigenvalue weighted by atomic mass is 10.1. The van der Waals surface area contributed by atoms with Crippen LogP contribution in [0.4, 0.5) is 13.2 Å². The van der Waals surface area contributed by atoms with Gasteiger partial charge in [0, 0.05) is 0 Å². The van der Waals surface area contributed by atoms with Crippen molar-refractivity contribution in [2.24, 2.45) is 0 Å². The van der Waals surface area contributed by atoms with Crippen LogP contribution in [0.3, 0.4) is 0 Å². The molecule has 0 saturated carbocycles. The molecule has 0 bridgehead atoms. The molecule has 0 amide bonds. The Hall–Kier alpha value is -1.49. The van der Waals surface area contributed by atoms with Crippen LogP contribution in [0.1, 0.15) is 11.7 Å². The molecule has 0 fully saturated rings. The number of aliphatic hydroxyl groups is 1. The molecule has 1 N–H and O–H groups in total. The molecule has 5 heteroatoms. The average molecular weight is 232 g/mol. The van der Waals surface area contributed by atoms with Gasteiger partial charge in [-0.1, -0.05) is 24.8 Å². The maximum atomic E-state index is 12.1. The van der Waals surface area contributed by atoms with Crippen LogP contribution in [-0.2, 0) is 0 Å². The Kier molecular flexibility index (Phi) is 3.95. The van der Waals surface area contributed by atoms with Gasteiger partial charge in [-0.25, -0.2) is 0 Å². The van der Waals surface area contributed by atoms with E-state index in [9.17, 15) is 13.2 Å². The second kappa shape index (κ2) is 5.03. The molecule has 0 saturated heterocycles. The summed E-state index contributed by atoms with van der Waals surface area (Å²) in [5.74, 6) is 0.429. The van der Waals surface area contributed by atoms with Crippen molar-refractivity contribution in [3.8, 4) is 5.75 Å². The number of ether oxygens (including phenoxy) is 1. The Morgan fingerprint density at radius 2 is 1.88 bits per heavy atom. The molecule has 0 spiro atoms. The molecule has 1 rings (SSSR count). The van der Waals surface area contributed by atoms with E-state index < -0.39 is 12.3 Å². The van der Waals surface area contributed by atoms with Crippen LogP contribution >= 0.6 is 0 Å². The third-order valence-corrected chi connectivity index (χ3v) is 1.87. The summed E-state index contributed by atoms with van der Waals surface area (Å²) in [4.78, 5) is 0. The summed E-state index contributed by atoms with van der Waals surface area (Å²) in [6.07, 6.45) is -5.58. The van der Waals surface area contributed by atoms with Gasteiger partial charge in [0.05, 0.1) is 0 Å². The molecule has 0 aliphatic heterocycles. The summed E-state index contributed by atoms with van der Waals surface area (Å²) in [6.45, 7) is 3.72. The van der Waals surface area contributed by atoms with Gasteiger partial charge in [0.25, 0.3) is 0 Å². The molecule has 2 nitrogen and oxygen atoms in total. The van der Waals surface area contributed by atoms with Gasteiger partial charge >= 0.3 is 6.18 Å². The minimum atomic E-state index is -4.65. The van der Waals surface area contributed by atoms with E-state index in [2.05, 4.69) is 6.58 Å². The fourth-order valence-electron chi connectivity index (χ4n) is 1.09. The largest absolute Gasteiger partial charge is 0.490 e. The number of aliphatic hydroxyl groups excluding tert-OH is 1. The van der Waals surface area contributed by atoms with Gasteiger partial charge in [-0.15, -0.1) is 0 Å². The van der Waals surface area contributed by atoms with E-state index in [1.807, 2.05) is 0 Å². The quantitative estimate of drug-likeness (QED) is 0.809. The fraction of sp³-hybridized carbons (Fsp3) is 0.273. The summed E-state index contributed by atoms with van der Waals surface area (Å²) in [5, 5.41) is 8.94. The average Bonchev–Trinajstić information content (AvgIpc) is 2.25. The Morgan fingerprint density at radius 3 is 2.31 bits per heavy atom. The summed E-state index contributed by atoms with van der Waals surface area (Å²) < 4.78 is 41.5. The standard InChI is InChI=1S/C11H11F3O2/c1-2-7-16-9-5-3-8(4-6-9)10(15)11(12,13)14/h2-6,10,15H,1,7H2/t10-/m1/s1. The van der Waals surface area contributed by atoms with Crippen LogP contribution < -0.4 is 4.74 Å². The molecule has 88 valence electrons. The predicted octanol–water partition coefficient (Wildman–Crippen LogP) is 2.85. The molecule has 1 aromatic rings. The van der Waals surface area contributed by atoms with Crippen molar-refractivity contribution in [3.05, 3.63) is 42.5 Å². The molecule has 0 radical (unpaired) electrons. The molecule has 0 aliphatic rings. The van der Waals surface area contributed by atoms with E-state index >= 15 is 0 Å². The first-order valence-corrected chi connectivity index (χ1v) is 4.53. The van der Waals surface area contributed by atoms with Crippen molar-refractivity contribution < 1.29 is 23.0 Å². The number of hydrogen-bond donors (Lipinski definition) is 1. The van der Waals surface area contributed by atoms with Crippen LogP contribution in [0.15, 0.2) is 36.9 Å². The third-order valence-electron chi connectivity index (χ3n) is 1.87. The van der Waals surface area contributed by atoms with Gasteiger partial charge < -0.3 is 9.84 Å². The Morgan fingerprint density at radius 1 is 1.31 bits per heavy atom. The van der Waals surface area contributed by atoms with Crippen LogP contribution in [0.5, 0.6) is 5.75 Å². The number of alkyl halides is 3. The van der Waals surface area contributed by atoms with E-state index in [4.69, 9.17) is 9.84 Å². The van der Waals surface area contributed by atoms with E-state index in [0.29, 0.717) is 5.75 Å². The topological polar surface area (TPSA) is 29.5 Å². The lowest BCUT2D eigenvalue weighted by Crippen LogP contribution is -2.19. The second-order valence-electron chi connectivity index (χ2n) is 3.11. The Labute approximate surface area is 91.0 Å². The normalized spacial score (nSPS) is 13.2. The number of rotatable bonds is 4. The molecule has 0 heterocycles. The molecule has 0 unspecified atom stereocenters. The molecular formula is C11H11F3O2. The summed E-state index contributed by atoms with van der Waals surface area (Å²) >= 11 is 0. The van der Waals surface area contributed by atoms with Crippen molar-refractivity contribution in [1.29, 1.82) is 0 Å². The van der Waals surface area contributed by atoms with Crippen LogP contribution in [0.25, 0.3) is 0 Å². The number of hydrogen-bond acceptors (Lipinski definition) is 2. The predicted molar refractivity (Wildman–Crippen MR) is 53.1 cm³/mol. The van der Waals surface area contributed by atoms with E-state index in [-0.39, 0.29) is 12.2 Å². The fourth-order valence-corrected chi connectivity index (χ4v) is 1.09. The first kappa shape index (κ1) is 12.6. The molecular weight excluding hydrogens is 221 g/mol. The minimum Gasteiger partial charge on any atom is -0.490 e. The van der Waals surface area contributed by atoms with Gasteiger partial charge in [0.1, 0.15) is 12.4 Å². The van der Waals surface area contributed by atoms with Gasteiger partial charge in [-0.05, 0) is 17.7 Å². The Bertz CT molecular complexity index is 343. The van der Waals surface area contributed by atoms with Gasteiger partial charge in [0.2, 0.25) is 0 Å². The summed E-state index contributed by atoms with van der Waals surface area (Å²) in [5.41, 5.74) is -0.210. The first-order valence-electron chi connectivity index (χ1n) is 4.53. The molecule has 0 aromatic heterocycles. The smallest absolute Gasteiger partial charge is 0.418 e. The van der Waals surface area contributed by atoms with Gasteiger partial charge in [0.15, 0.2) is 6.10 Å². The van der Waals surface area contributed by atoms with Crippen LogP contribution in [-0.4, -0.2) is 17.9 Å². The third kappa shape index (κ3) is 3.27. The molecule has 1 aromatic carbocycles. The minimum absolute atomic E-state index is 0.210. The van der Waals surface area contributed by atoms with Crippen molar-refractivity contribution >= 4 is 0 Å². The zero-order chi connectivity index (χ0) is 12.2. The highest BCUT2D eigenvalue weighted by atomic mass is 19.4. The van der Waals surface area contributed by atoms with Gasteiger partial charge in [-0.2, -0.15) is 13.2 Å². The van der Waals surface area contributed by atoms with Crippen LogP contribution in [0, 0.1) is 0 Å².